The smallest absolute Gasteiger partial charge is 0.319 e. The Labute approximate surface area is 112 Å². The minimum atomic E-state index is -0.958. The highest BCUT2D eigenvalue weighted by Gasteiger charge is 2.20. The number of carbonyl (C=O) groups excluding carboxylic acids is 1. The fourth-order valence-electron chi connectivity index (χ4n) is 1.25. The molecule has 0 aliphatic rings. The van der Waals surface area contributed by atoms with Crippen molar-refractivity contribution in [2.45, 2.75) is 12.5 Å². The number of thiol groups is 2. The lowest BCUT2D eigenvalue weighted by Crippen LogP contribution is -2.53. The lowest BCUT2D eigenvalue weighted by atomic mass is 10.2. The molecule has 0 aliphatic carbocycles. The van der Waals surface area contributed by atoms with Gasteiger partial charge >= 0.3 is 5.97 Å². The van der Waals surface area contributed by atoms with Crippen molar-refractivity contribution in [3.8, 4) is 0 Å². The quantitative estimate of drug-likeness (QED) is 0.284. The van der Waals surface area contributed by atoms with Crippen molar-refractivity contribution in [1.82, 2.24) is 15.8 Å². The fourth-order valence-corrected chi connectivity index (χ4v) is 1.75. The summed E-state index contributed by atoms with van der Waals surface area (Å²) >= 11 is 8.11. The summed E-state index contributed by atoms with van der Waals surface area (Å²) in [6.45, 7) is 0.260. The molecule has 0 aromatic carbocycles. The van der Waals surface area contributed by atoms with Crippen molar-refractivity contribution < 1.29 is 14.7 Å². The molecule has 0 saturated carbocycles. The molecule has 6 nitrogen and oxygen atoms in total. The number of hydrogen-bond acceptors (Lipinski definition) is 6. The van der Waals surface area contributed by atoms with E-state index in [1.165, 1.54) is 12.1 Å². The Hall–Kier alpha value is -0.440. The van der Waals surface area contributed by atoms with Crippen molar-refractivity contribution in [2.24, 2.45) is 0 Å². The van der Waals surface area contributed by atoms with Crippen molar-refractivity contribution in [1.29, 1.82) is 0 Å². The maximum atomic E-state index is 11.5. The van der Waals surface area contributed by atoms with Crippen LogP contribution in [0.2, 0.25) is 0 Å². The van der Waals surface area contributed by atoms with E-state index >= 15 is 0 Å². The molecular formula is C9H19N3O3S2. The van der Waals surface area contributed by atoms with E-state index in [2.05, 4.69) is 36.0 Å². The standard InChI is InChI=1S/C9H19N3O3S2/c1-10-9(15)7(2-4-16)11-12(3-5-17)6-8(13)14/h7,11,16-17H,2-6H2,1H3,(H,10,15)(H,13,14). The first-order chi connectivity index (χ1) is 8.04. The van der Waals surface area contributed by atoms with E-state index in [1.54, 1.807) is 0 Å². The molecule has 8 heteroatoms. The molecule has 1 unspecified atom stereocenters. The van der Waals surface area contributed by atoms with E-state index in [1.807, 2.05) is 0 Å². The number of nitrogens with zero attached hydrogens (tertiary/aromatic N) is 1. The fraction of sp³-hybridized carbons (Fsp3) is 0.778. The van der Waals surface area contributed by atoms with Crippen LogP contribution in [0.25, 0.3) is 0 Å². The van der Waals surface area contributed by atoms with E-state index in [4.69, 9.17) is 5.11 Å². The van der Waals surface area contributed by atoms with E-state index < -0.39 is 12.0 Å². The third-order valence-electron chi connectivity index (χ3n) is 2.02. The molecule has 0 bridgehead atoms. The largest absolute Gasteiger partial charge is 0.480 e. The third-order valence-corrected chi connectivity index (χ3v) is 2.47. The minimum Gasteiger partial charge on any atom is -0.480 e. The number of rotatable bonds is 9. The van der Waals surface area contributed by atoms with E-state index in [-0.39, 0.29) is 12.5 Å². The first-order valence-electron chi connectivity index (χ1n) is 5.21. The van der Waals surface area contributed by atoms with Crippen molar-refractivity contribution in [3.05, 3.63) is 0 Å². The summed E-state index contributed by atoms with van der Waals surface area (Å²) in [6, 6.07) is -0.475. The summed E-state index contributed by atoms with van der Waals surface area (Å²) in [4.78, 5) is 22.2. The van der Waals surface area contributed by atoms with Gasteiger partial charge in [-0.25, -0.2) is 10.4 Å². The molecule has 1 atom stereocenters. The zero-order chi connectivity index (χ0) is 13.3. The summed E-state index contributed by atoms with van der Waals surface area (Å²) in [5.74, 6) is -0.108. The van der Waals surface area contributed by atoms with Crippen LogP contribution in [-0.4, -0.2) is 59.7 Å². The van der Waals surface area contributed by atoms with Crippen LogP contribution in [-0.2, 0) is 9.59 Å². The summed E-state index contributed by atoms with van der Waals surface area (Å²) in [7, 11) is 1.54. The summed E-state index contributed by atoms with van der Waals surface area (Å²) < 4.78 is 0. The van der Waals surface area contributed by atoms with Gasteiger partial charge in [-0.1, -0.05) is 0 Å². The zero-order valence-corrected chi connectivity index (χ0v) is 11.5. The predicted molar refractivity (Wildman–Crippen MR) is 72.5 cm³/mol. The van der Waals surface area contributed by atoms with Gasteiger partial charge in [-0.05, 0) is 12.2 Å². The van der Waals surface area contributed by atoms with Crippen LogP contribution in [0.15, 0.2) is 0 Å². The molecule has 0 rings (SSSR count). The SMILES string of the molecule is CNC(=O)C(CCS)NN(CCS)CC(=O)O. The van der Waals surface area contributed by atoms with Gasteiger partial charge in [0.05, 0.1) is 0 Å². The number of likely N-dealkylation sites (N-methyl/N-ethyl adjacent to an activating group) is 1. The molecule has 1 amide bonds. The maximum absolute atomic E-state index is 11.5. The number of aliphatic carboxylic acids is 1. The number of carboxylic acids is 1. The average Bonchev–Trinajstić information content (AvgIpc) is 2.27. The number of nitrogens with one attached hydrogen (secondary N) is 2. The van der Waals surface area contributed by atoms with Crippen LogP contribution in [0, 0.1) is 0 Å². The van der Waals surface area contributed by atoms with Gasteiger partial charge in [0, 0.05) is 19.3 Å². The first-order valence-corrected chi connectivity index (χ1v) is 6.47. The Morgan fingerprint density at radius 2 is 2.00 bits per heavy atom. The van der Waals surface area contributed by atoms with Gasteiger partial charge in [0.15, 0.2) is 0 Å². The Morgan fingerprint density at radius 1 is 1.35 bits per heavy atom. The lowest BCUT2D eigenvalue weighted by Gasteiger charge is -2.26. The van der Waals surface area contributed by atoms with Gasteiger partial charge in [-0.3, -0.25) is 9.59 Å². The second-order valence-electron chi connectivity index (χ2n) is 3.35. The summed E-state index contributed by atoms with van der Waals surface area (Å²) in [5.41, 5.74) is 2.88. The summed E-state index contributed by atoms with van der Waals surface area (Å²) in [6.07, 6.45) is 0.519. The highest BCUT2D eigenvalue weighted by Crippen LogP contribution is 1.97. The molecular weight excluding hydrogens is 262 g/mol. The Kier molecular flexibility index (Phi) is 9.33. The van der Waals surface area contributed by atoms with Crippen LogP contribution >= 0.6 is 25.3 Å². The highest BCUT2D eigenvalue weighted by atomic mass is 32.1. The van der Waals surface area contributed by atoms with Crippen LogP contribution in [0.3, 0.4) is 0 Å². The van der Waals surface area contributed by atoms with Gasteiger partial charge < -0.3 is 10.4 Å². The molecule has 3 N–H and O–H groups in total. The molecule has 0 fully saturated rings. The van der Waals surface area contributed by atoms with Gasteiger partial charge in [-0.2, -0.15) is 25.3 Å². The van der Waals surface area contributed by atoms with E-state index in [9.17, 15) is 9.59 Å². The molecule has 0 aromatic rings. The molecule has 0 aliphatic heterocycles. The van der Waals surface area contributed by atoms with Gasteiger partial charge in [0.1, 0.15) is 12.6 Å². The van der Waals surface area contributed by atoms with Crippen molar-refractivity contribution in [3.63, 3.8) is 0 Å². The average molecular weight is 281 g/mol. The van der Waals surface area contributed by atoms with Crippen LogP contribution in [0.1, 0.15) is 6.42 Å². The molecule has 0 aromatic heterocycles. The van der Waals surface area contributed by atoms with E-state index in [0.29, 0.717) is 24.5 Å². The van der Waals surface area contributed by atoms with Crippen LogP contribution in [0.5, 0.6) is 0 Å². The highest BCUT2D eigenvalue weighted by molar-refractivity contribution is 7.80. The molecule has 100 valence electrons. The molecule has 0 saturated heterocycles. The van der Waals surface area contributed by atoms with Crippen LogP contribution in [0.4, 0.5) is 0 Å². The number of hydrogen-bond donors (Lipinski definition) is 5. The number of carbonyl (C=O) groups is 2. The van der Waals surface area contributed by atoms with Gasteiger partial charge in [-0.15, -0.1) is 0 Å². The monoisotopic (exact) mass is 281 g/mol. The number of carboxylic acid groups (broad SMARTS) is 1. The van der Waals surface area contributed by atoms with Gasteiger partial charge in [0.25, 0.3) is 0 Å². The third kappa shape index (κ3) is 7.48. The lowest BCUT2D eigenvalue weighted by molar-refractivity contribution is -0.140. The normalized spacial score (nSPS) is 12.5. The van der Waals surface area contributed by atoms with Crippen LogP contribution < -0.4 is 10.7 Å². The first kappa shape index (κ1) is 16.6. The number of hydrazine groups is 1. The second kappa shape index (κ2) is 9.58. The van der Waals surface area contributed by atoms with Crippen molar-refractivity contribution in [2.75, 3.05) is 31.6 Å². The minimum absolute atomic E-state index is 0.180. The maximum Gasteiger partial charge on any atom is 0.319 e. The molecule has 0 heterocycles. The van der Waals surface area contributed by atoms with Crippen molar-refractivity contribution >= 4 is 37.1 Å². The van der Waals surface area contributed by atoms with Gasteiger partial charge in [0.2, 0.25) is 5.91 Å². The summed E-state index contributed by atoms with van der Waals surface area (Å²) in [5, 5.41) is 12.7. The Bertz CT molecular complexity index is 254. The molecule has 0 spiro atoms. The second-order valence-corrected chi connectivity index (χ2v) is 4.24. The Balaban J connectivity index is 4.43. The number of amides is 1. The molecule has 0 radical (unpaired) electrons. The van der Waals surface area contributed by atoms with E-state index in [0.717, 1.165) is 0 Å². The predicted octanol–water partition coefficient (Wildman–Crippen LogP) is -0.758. The Morgan fingerprint density at radius 3 is 2.41 bits per heavy atom. The molecule has 17 heavy (non-hydrogen) atoms. The topological polar surface area (TPSA) is 81.7 Å². The zero-order valence-electron chi connectivity index (χ0n) is 9.72.